The zero-order valence-electron chi connectivity index (χ0n) is 8.33. The Morgan fingerprint density at radius 3 is 2.47 bits per heavy atom. The molecule has 0 fully saturated rings. The first kappa shape index (κ1) is 16.9. The average molecular weight is 353 g/mol. The van der Waals surface area contributed by atoms with Crippen molar-refractivity contribution in [1.82, 2.24) is 0 Å². The lowest BCUT2D eigenvalue weighted by atomic mass is 10.0. The van der Waals surface area contributed by atoms with Gasteiger partial charge in [0.2, 0.25) is 0 Å². The molecule has 8 heteroatoms. The minimum atomic E-state index is -3.55. The van der Waals surface area contributed by atoms with Gasteiger partial charge in [-0.3, -0.25) is 0 Å². The number of aliphatic hydroxyl groups excluding tert-OH is 1. The molecule has 0 radical (unpaired) electrons. The molecule has 0 saturated heterocycles. The van der Waals surface area contributed by atoms with Gasteiger partial charge in [-0.05, 0) is 28.1 Å². The van der Waals surface area contributed by atoms with Crippen LogP contribution in [0.5, 0.6) is 5.75 Å². The highest BCUT2D eigenvalue weighted by Crippen LogP contribution is 2.41. The summed E-state index contributed by atoms with van der Waals surface area (Å²) in [6, 6.07) is 0.862. The zero-order chi connectivity index (χ0) is 12.5. The second-order valence-electron chi connectivity index (χ2n) is 3.19. The number of rotatable bonds is 3. The Balaban J connectivity index is 0.00000256. The summed E-state index contributed by atoms with van der Waals surface area (Å²) in [6.07, 6.45) is 0. The number of phenolic OH excluding ortho intramolecular Hbond substituents is 1. The van der Waals surface area contributed by atoms with Crippen molar-refractivity contribution >= 4 is 39.9 Å². The van der Waals surface area contributed by atoms with Crippen LogP contribution in [-0.2, 0) is 0 Å². The van der Waals surface area contributed by atoms with Crippen molar-refractivity contribution in [2.75, 3.05) is 6.61 Å². The van der Waals surface area contributed by atoms with Crippen LogP contribution in [0.2, 0.25) is 5.02 Å². The third-order valence-corrected chi connectivity index (χ3v) is 3.06. The van der Waals surface area contributed by atoms with E-state index in [-0.39, 0.29) is 27.5 Å². The van der Waals surface area contributed by atoms with E-state index < -0.39 is 24.3 Å². The van der Waals surface area contributed by atoms with Gasteiger partial charge in [-0.25, -0.2) is 8.78 Å². The summed E-state index contributed by atoms with van der Waals surface area (Å²) in [5.41, 5.74) is 4.98. The van der Waals surface area contributed by atoms with E-state index in [0.29, 0.717) is 0 Å². The molecule has 0 heterocycles. The molecule has 0 aliphatic rings. The molecular formula is C9H10BrCl2F2NO2. The van der Waals surface area contributed by atoms with Gasteiger partial charge in [0.1, 0.15) is 18.4 Å². The summed E-state index contributed by atoms with van der Waals surface area (Å²) < 4.78 is 26.5. The number of halogens is 5. The normalized spacial score (nSPS) is 13.1. The molecule has 1 aromatic rings. The van der Waals surface area contributed by atoms with Crippen LogP contribution in [0, 0.1) is 0 Å². The van der Waals surface area contributed by atoms with Crippen LogP contribution >= 0.6 is 39.9 Å². The number of nitrogens with two attached hydrogens (primary N) is 1. The van der Waals surface area contributed by atoms with Gasteiger partial charge in [0.05, 0.1) is 4.47 Å². The smallest absolute Gasteiger partial charge is 0.289 e. The lowest BCUT2D eigenvalue weighted by Crippen LogP contribution is -2.36. The number of phenols is 1. The van der Waals surface area contributed by atoms with Crippen molar-refractivity contribution in [2.45, 2.75) is 12.0 Å². The average Bonchev–Trinajstić information content (AvgIpc) is 2.24. The second-order valence-corrected chi connectivity index (χ2v) is 4.45. The number of alkyl halides is 2. The molecule has 4 N–H and O–H groups in total. The molecule has 17 heavy (non-hydrogen) atoms. The highest BCUT2D eigenvalue weighted by molar-refractivity contribution is 9.10. The minimum absolute atomic E-state index is 0. The van der Waals surface area contributed by atoms with Gasteiger partial charge in [0.25, 0.3) is 5.92 Å². The number of hydrogen-bond acceptors (Lipinski definition) is 3. The van der Waals surface area contributed by atoms with Gasteiger partial charge in [0, 0.05) is 10.6 Å². The molecular weight excluding hydrogens is 343 g/mol. The molecule has 0 amide bonds. The van der Waals surface area contributed by atoms with Crippen molar-refractivity contribution in [3.8, 4) is 5.75 Å². The first-order valence-electron chi connectivity index (χ1n) is 4.22. The van der Waals surface area contributed by atoms with E-state index in [1.165, 1.54) is 12.1 Å². The van der Waals surface area contributed by atoms with Crippen LogP contribution in [-0.4, -0.2) is 22.7 Å². The number of aromatic hydroxyl groups is 1. The Morgan fingerprint density at radius 2 is 2.00 bits per heavy atom. The quantitative estimate of drug-likeness (QED) is 0.783. The van der Waals surface area contributed by atoms with Gasteiger partial charge < -0.3 is 15.9 Å². The zero-order valence-corrected chi connectivity index (χ0v) is 11.5. The molecule has 3 nitrogen and oxygen atoms in total. The SMILES string of the molecule is Cl.N[C@@H](c1c(Cl)ccc(Br)c1O)C(F)(F)CO. The lowest BCUT2D eigenvalue weighted by Gasteiger charge is -2.23. The molecule has 98 valence electrons. The standard InChI is InChI=1S/C9H9BrClF2NO2.ClH/c10-4-1-2-5(11)6(7(4)16)8(14)9(12,13)3-15;/h1-2,8,15-16H,3,14H2;1H/t8-;/m0./s1. The topological polar surface area (TPSA) is 66.5 Å². The third kappa shape index (κ3) is 3.42. The highest BCUT2D eigenvalue weighted by Gasteiger charge is 2.40. The molecule has 0 aromatic heterocycles. The number of hydrogen-bond donors (Lipinski definition) is 3. The van der Waals surface area contributed by atoms with Crippen molar-refractivity contribution < 1.29 is 19.0 Å². The lowest BCUT2D eigenvalue weighted by molar-refractivity contribution is -0.0715. The van der Waals surface area contributed by atoms with Gasteiger partial charge in [-0.15, -0.1) is 12.4 Å². The Hall–Kier alpha value is -0.140. The van der Waals surface area contributed by atoms with Crippen LogP contribution in [0.25, 0.3) is 0 Å². The van der Waals surface area contributed by atoms with E-state index in [9.17, 15) is 13.9 Å². The van der Waals surface area contributed by atoms with Crippen LogP contribution < -0.4 is 5.73 Å². The van der Waals surface area contributed by atoms with Crippen LogP contribution in [0.3, 0.4) is 0 Å². The fraction of sp³-hybridized carbons (Fsp3) is 0.333. The van der Waals surface area contributed by atoms with E-state index in [1.54, 1.807) is 0 Å². The Morgan fingerprint density at radius 1 is 1.47 bits per heavy atom. The van der Waals surface area contributed by atoms with Gasteiger partial charge in [-0.2, -0.15) is 0 Å². The van der Waals surface area contributed by atoms with E-state index in [1.807, 2.05) is 0 Å². The molecule has 0 spiro atoms. The predicted molar refractivity (Wildman–Crippen MR) is 67.0 cm³/mol. The molecule has 1 atom stereocenters. The summed E-state index contributed by atoms with van der Waals surface area (Å²) in [7, 11) is 0. The van der Waals surface area contributed by atoms with E-state index in [0.717, 1.165) is 0 Å². The largest absolute Gasteiger partial charge is 0.506 e. The molecule has 0 saturated carbocycles. The molecule has 1 aromatic carbocycles. The van der Waals surface area contributed by atoms with E-state index in [2.05, 4.69) is 15.9 Å². The molecule has 0 unspecified atom stereocenters. The minimum Gasteiger partial charge on any atom is -0.506 e. The summed E-state index contributed by atoms with van der Waals surface area (Å²) in [5.74, 6) is -4.00. The summed E-state index contributed by atoms with van der Waals surface area (Å²) >= 11 is 8.65. The van der Waals surface area contributed by atoms with Crippen LogP contribution in [0.15, 0.2) is 16.6 Å². The van der Waals surface area contributed by atoms with Gasteiger partial charge >= 0.3 is 0 Å². The molecule has 0 aliphatic carbocycles. The van der Waals surface area contributed by atoms with Crippen molar-refractivity contribution in [3.63, 3.8) is 0 Å². The van der Waals surface area contributed by atoms with Gasteiger partial charge in [-0.1, -0.05) is 11.6 Å². The van der Waals surface area contributed by atoms with Crippen LogP contribution in [0.4, 0.5) is 8.78 Å². The fourth-order valence-corrected chi connectivity index (χ4v) is 1.78. The maximum Gasteiger partial charge on any atom is 0.289 e. The molecule has 0 aliphatic heterocycles. The van der Waals surface area contributed by atoms with Crippen molar-refractivity contribution in [1.29, 1.82) is 0 Å². The molecule has 1 rings (SSSR count). The van der Waals surface area contributed by atoms with E-state index in [4.69, 9.17) is 22.4 Å². The van der Waals surface area contributed by atoms with Crippen LogP contribution in [0.1, 0.15) is 11.6 Å². The Labute approximate surface area is 116 Å². The number of benzene rings is 1. The Kier molecular flexibility index (Phi) is 6.10. The third-order valence-electron chi connectivity index (χ3n) is 2.09. The van der Waals surface area contributed by atoms with Crippen molar-refractivity contribution in [2.24, 2.45) is 5.73 Å². The molecule has 0 bridgehead atoms. The summed E-state index contributed by atoms with van der Waals surface area (Å²) in [6.45, 7) is -1.42. The monoisotopic (exact) mass is 351 g/mol. The first-order valence-corrected chi connectivity index (χ1v) is 5.39. The predicted octanol–water partition coefficient (Wildman–Crippen LogP) is 2.86. The fourth-order valence-electron chi connectivity index (χ4n) is 1.16. The maximum atomic E-state index is 13.2. The Bertz CT molecular complexity index is 407. The second kappa shape index (κ2) is 6.15. The first-order chi connectivity index (χ1) is 7.31. The van der Waals surface area contributed by atoms with Crippen molar-refractivity contribution in [3.05, 3.63) is 27.2 Å². The summed E-state index contributed by atoms with van der Waals surface area (Å²) in [4.78, 5) is 0. The number of aliphatic hydroxyl groups is 1. The van der Waals surface area contributed by atoms with Gasteiger partial charge in [0.15, 0.2) is 0 Å². The highest BCUT2D eigenvalue weighted by atomic mass is 79.9. The van der Waals surface area contributed by atoms with E-state index >= 15 is 0 Å². The summed E-state index contributed by atoms with van der Waals surface area (Å²) in [5, 5.41) is 18.0. The maximum absolute atomic E-state index is 13.2.